The molecule has 0 unspecified atom stereocenters. The van der Waals surface area contributed by atoms with Crippen molar-refractivity contribution in [3.05, 3.63) is 65.2 Å². The topological polar surface area (TPSA) is 68.8 Å². The van der Waals surface area contributed by atoms with Gasteiger partial charge in [-0.15, -0.1) is 5.10 Å². The molecule has 0 spiro atoms. The van der Waals surface area contributed by atoms with Crippen molar-refractivity contribution in [1.29, 1.82) is 0 Å². The van der Waals surface area contributed by atoms with Crippen LogP contribution in [0.25, 0.3) is 0 Å². The Balaban J connectivity index is 1.58. The Morgan fingerprint density at radius 3 is 2.80 bits per heavy atom. The summed E-state index contributed by atoms with van der Waals surface area (Å²) in [6.07, 6.45) is 4.52. The van der Waals surface area contributed by atoms with Gasteiger partial charge in [0, 0.05) is 31.0 Å². The Kier molecular flexibility index (Phi) is 4.05. The van der Waals surface area contributed by atoms with Crippen LogP contribution in [0, 0.1) is 6.92 Å². The highest BCUT2D eigenvalue weighted by atomic mass is 16.2. The second-order valence-corrected chi connectivity index (χ2v) is 6.36. The maximum atomic E-state index is 12.9. The van der Waals surface area contributed by atoms with E-state index in [1.165, 1.54) is 0 Å². The summed E-state index contributed by atoms with van der Waals surface area (Å²) in [6.45, 7) is 4.60. The summed E-state index contributed by atoms with van der Waals surface area (Å²) in [6, 6.07) is 9.61. The van der Waals surface area contributed by atoms with Crippen molar-refractivity contribution in [2.75, 3.05) is 6.54 Å². The Labute approximate surface area is 145 Å². The minimum Gasteiger partial charge on any atom is -0.333 e. The smallest absolute Gasteiger partial charge is 0.254 e. The van der Waals surface area contributed by atoms with Gasteiger partial charge in [-0.05, 0) is 31.5 Å². The van der Waals surface area contributed by atoms with Crippen LogP contribution in [-0.2, 0) is 19.6 Å². The molecule has 1 aliphatic rings. The lowest BCUT2D eigenvalue weighted by Crippen LogP contribution is -2.31. The number of aromatic nitrogens is 5. The van der Waals surface area contributed by atoms with Crippen LogP contribution in [0.4, 0.5) is 0 Å². The molecule has 128 valence electrons. The molecule has 25 heavy (non-hydrogen) atoms. The number of carbonyl (C=O) groups is 1. The summed E-state index contributed by atoms with van der Waals surface area (Å²) in [5.74, 6) is 0.0553. The monoisotopic (exact) mass is 336 g/mol. The minimum atomic E-state index is 0.0553. The van der Waals surface area contributed by atoms with Crippen LogP contribution in [0.1, 0.15) is 33.7 Å². The van der Waals surface area contributed by atoms with Crippen molar-refractivity contribution >= 4 is 5.91 Å². The molecule has 1 aliphatic heterocycles. The molecule has 1 aromatic carbocycles. The Morgan fingerprint density at radius 2 is 2.04 bits per heavy atom. The molecule has 0 saturated heterocycles. The van der Waals surface area contributed by atoms with E-state index in [1.54, 1.807) is 6.20 Å². The SMILES string of the molecule is Cc1ccc(C(=O)N2CCCn3nnc(Cn4cccn4)c3C2)cc1. The molecule has 0 atom stereocenters. The van der Waals surface area contributed by atoms with E-state index in [9.17, 15) is 4.79 Å². The largest absolute Gasteiger partial charge is 0.333 e. The molecule has 7 nitrogen and oxygen atoms in total. The first-order chi connectivity index (χ1) is 12.2. The summed E-state index contributed by atoms with van der Waals surface area (Å²) < 4.78 is 3.74. The van der Waals surface area contributed by atoms with Gasteiger partial charge in [0.25, 0.3) is 5.91 Å². The molecule has 0 radical (unpaired) electrons. The van der Waals surface area contributed by atoms with Crippen molar-refractivity contribution in [3.8, 4) is 0 Å². The third-order valence-corrected chi connectivity index (χ3v) is 4.51. The van der Waals surface area contributed by atoms with E-state index in [2.05, 4.69) is 15.4 Å². The van der Waals surface area contributed by atoms with Crippen LogP contribution in [0.5, 0.6) is 0 Å². The van der Waals surface area contributed by atoms with E-state index >= 15 is 0 Å². The van der Waals surface area contributed by atoms with Crippen molar-refractivity contribution in [2.24, 2.45) is 0 Å². The van der Waals surface area contributed by atoms with Gasteiger partial charge in [0.1, 0.15) is 5.69 Å². The molecule has 1 amide bonds. The molecule has 4 rings (SSSR count). The van der Waals surface area contributed by atoms with Gasteiger partial charge in [0.15, 0.2) is 0 Å². The van der Waals surface area contributed by atoms with Crippen LogP contribution >= 0.6 is 0 Å². The van der Waals surface area contributed by atoms with E-state index in [4.69, 9.17) is 0 Å². The van der Waals surface area contributed by atoms with E-state index in [0.717, 1.165) is 42.0 Å². The number of hydrogen-bond donors (Lipinski definition) is 0. The zero-order valence-electron chi connectivity index (χ0n) is 14.2. The fourth-order valence-corrected chi connectivity index (χ4v) is 3.11. The van der Waals surface area contributed by atoms with E-state index in [0.29, 0.717) is 13.1 Å². The van der Waals surface area contributed by atoms with Crippen LogP contribution in [0.3, 0.4) is 0 Å². The summed E-state index contributed by atoms with van der Waals surface area (Å²) >= 11 is 0. The quantitative estimate of drug-likeness (QED) is 0.732. The number of hydrogen-bond acceptors (Lipinski definition) is 4. The lowest BCUT2D eigenvalue weighted by atomic mass is 10.1. The predicted octanol–water partition coefficient (Wildman–Crippen LogP) is 1.88. The van der Waals surface area contributed by atoms with Gasteiger partial charge >= 0.3 is 0 Å². The third kappa shape index (κ3) is 3.17. The molecular weight excluding hydrogens is 316 g/mol. The minimum absolute atomic E-state index is 0.0553. The molecule has 3 aromatic rings. The average molecular weight is 336 g/mol. The maximum Gasteiger partial charge on any atom is 0.254 e. The predicted molar refractivity (Wildman–Crippen MR) is 91.9 cm³/mol. The molecule has 0 bridgehead atoms. The summed E-state index contributed by atoms with van der Waals surface area (Å²) in [5, 5.41) is 12.8. The Morgan fingerprint density at radius 1 is 1.20 bits per heavy atom. The van der Waals surface area contributed by atoms with Crippen molar-refractivity contribution in [2.45, 2.75) is 33.0 Å². The number of fused-ring (bicyclic) bond motifs is 1. The number of carbonyl (C=O) groups excluding carboxylic acids is 1. The van der Waals surface area contributed by atoms with Gasteiger partial charge in [-0.2, -0.15) is 5.10 Å². The summed E-state index contributed by atoms with van der Waals surface area (Å²) in [5.41, 5.74) is 3.73. The lowest BCUT2D eigenvalue weighted by Gasteiger charge is -2.20. The first-order valence-corrected chi connectivity index (χ1v) is 8.45. The average Bonchev–Trinajstić information content (AvgIpc) is 3.20. The van der Waals surface area contributed by atoms with Gasteiger partial charge in [-0.1, -0.05) is 22.9 Å². The van der Waals surface area contributed by atoms with E-state index in [-0.39, 0.29) is 5.91 Å². The molecule has 0 aliphatic carbocycles. The highest BCUT2D eigenvalue weighted by Gasteiger charge is 2.24. The van der Waals surface area contributed by atoms with E-state index < -0.39 is 0 Å². The van der Waals surface area contributed by atoms with Gasteiger partial charge < -0.3 is 4.90 Å². The zero-order chi connectivity index (χ0) is 17.2. The van der Waals surface area contributed by atoms with E-state index in [1.807, 2.05) is 57.7 Å². The maximum absolute atomic E-state index is 12.9. The van der Waals surface area contributed by atoms with Gasteiger partial charge in [0.05, 0.1) is 18.8 Å². The molecule has 0 N–H and O–H groups in total. The number of rotatable bonds is 3. The molecule has 7 heteroatoms. The fourth-order valence-electron chi connectivity index (χ4n) is 3.11. The van der Waals surface area contributed by atoms with Crippen LogP contribution < -0.4 is 0 Å². The number of aryl methyl sites for hydroxylation is 2. The normalized spacial score (nSPS) is 14.2. The van der Waals surface area contributed by atoms with Crippen LogP contribution in [0.15, 0.2) is 42.7 Å². The third-order valence-electron chi connectivity index (χ3n) is 4.51. The first-order valence-electron chi connectivity index (χ1n) is 8.45. The lowest BCUT2D eigenvalue weighted by molar-refractivity contribution is 0.0745. The van der Waals surface area contributed by atoms with Crippen molar-refractivity contribution in [1.82, 2.24) is 29.7 Å². The second-order valence-electron chi connectivity index (χ2n) is 6.36. The Hall–Kier alpha value is -2.96. The Bertz CT molecular complexity index is 866. The molecule has 0 fully saturated rings. The first kappa shape index (κ1) is 15.6. The summed E-state index contributed by atoms with van der Waals surface area (Å²) in [4.78, 5) is 14.8. The second kappa shape index (κ2) is 6.51. The number of benzene rings is 1. The summed E-state index contributed by atoms with van der Waals surface area (Å²) in [7, 11) is 0. The van der Waals surface area contributed by atoms with Crippen LogP contribution in [0.2, 0.25) is 0 Å². The molecule has 2 aromatic heterocycles. The van der Waals surface area contributed by atoms with Crippen LogP contribution in [-0.4, -0.2) is 42.1 Å². The van der Waals surface area contributed by atoms with Gasteiger partial charge in [-0.3, -0.25) is 9.48 Å². The highest BCUT2D eigenvalue weighted by Crippen LogP contribution is 2.18. The zero-order valence-corrected chi connectivity index (χ0v) is 14.2. The van der Waals surface area contributed by atoms with Crippen molar-refractivity contribution < 1.29 is 4.79 Å². The van der Waals surface area contributed by atoms with Gasteiger partial charge in [0.2, 0.25) is 0 Å². The highest BCUT2D eigenvalue weighted by molar-refractivity contribution is 5.94. The molecular formula is C18H20N6O. The standard InChI is InChI=1S/C18H20N6O/c1-14-4-6-15(7-5-14)18(25)22-9-3-11-24-17(13-22)16(20-21-24)12-23-10-2-8-19-23/h2,4-8,10H,3,9,11-13H2,1H3. The molecule has 0 saturated carbocycles. The van der Waals surface area contributed by atoms with Crippen molar-refractivity contribution in [3.63, 3.8) is 0 Å². The molecule has 3 heterocycles. The fraction of sp³-hybridized carbons (Fsp3) is 0.333. The van der Waals surface area contributed by atoms with Gasteiger partial charge in [-0.25, -0.2) is 4.68 Å². The number of amides is 1. The number of nitrogens with zero attached hydrogens (tertiary/aromatic N) is 6.